The molecule has 4 nitrogen and oxygen atoms in total. The standard InChI is InChI=1S/C11H15Cl2N3O/c12-7-5-8(13)10(16-9(7)14)15-6-11(1-2-11)3-4-17/h5,17H,1-4,6H2,(H3,14,15,16). The number of aliphatic hydroxyl groups is 1. The van der Waals surface area contributed by atoms with E-state index in [1.165, 1.54) is 0 Å². The highest BCUT2D eigenvalue weighted by Crippen LogP contribution is 2.48. The lowest BCUT2D eigenvalue weighted by Gasteiger charge is -2.16. The molecule has 0 atom stereocenters. The Hall–Kier alpha value is -0.710. The molecule has 1 fully saturated rings. The monoisotopic (exact) mass is 275 g/mol. The van der Waals surface area contributed by atoms with Gasteiger partial charge in [0, 0.05) is 13.2 Å². The number of aromatic nitrogens is 1. The van der Waals surface area contributed by atoms with E-state index in [2.05, 4.69) is 10.3 Å². The first-order valence-corrected chi connectivity index (χ1v) is 6.28. The van der Waals surface area contributed by atoms with Crippen LogP contribution in [0.15, 0.2) is 6.07 Å². The first kappa shape index (κ1) is 12.7. The molecule has 0 bridgehead atoms. The van der Waals surface area contributed by atoms with Crippen molar-refractivity contribution in [2.75, 3.05) is 24.2 Å². The molecule has 1 aromatic rings. The largest absolute Gasteiger partial charge is 0.396 e. The number of hydrogen-bond donors (Lipinski definition) is 3. The lowest BCUT2D eigenvalue weighted by Crippen LogP contribution is -2.17. The maximum absolute atomic E-state index is 8.97. The quantitative estimate of drug-likeness (QED) is 0.772. The summed E-state index contributed by atoms with van der Waals surface area (Å²) in [6.45, 7) is 0.965. The van der Waals surface area contributed by atoms with Crippen LogP contribution in [-0.2, 0) is 0 Å². The van der Waals surface area contributed by atoms with Crippen molar-refractivity contribution in [1.82, 2.24) is 4.98 Å². The Balaban J connectivity index is 2.02. The van der Waals surface area contributed by atoms with Crippen molar-refractivity contribution >= 4 is 34.8 Å². The average molecular weight is 276 g/mol. The highest BCUT2D eigenvalue weighted by atomic mass is 35.5. The molecule has 0 spiro atoms. The van der Waals surface area contributed by atoms with E-state index >= 15 is 0 Å². The predicted octanol–water partition coefficient (Wildman–Crippen LogP) is 2.55. The van der Waals surface area contributed by atoms with Crippen LogP contribution in [0.5, 0.6) is 0 Å². The first-order chi connectivity index (χ1) is 8.06. The lowest BCUT2D eigenvalue weighted by atomic mass is 10.0. The summed E-state index contributed by atoms with van der Waals surface area (Å²) in [5.41, 5.74) is 5.82. The van der Waals surface area contributed by atoms with Crippen molar-refractivity contribution in [2.24, 2.45) is 5.41 Å². The van der Waals surface area contributed by atoms with Crippen LogP contribution < -0.4 is 11.1 Å². The Morgan fingerprint density at radius 3 is 2.71 bits per heavy atom. The Morgan fingerprint density at radius 2 is 2.12 bits per heavy atom. The van der Waals surface area contributed by atoms with Crippen molar-refractivity contribution in [3.63, 3.8) is 0 Å². The van der Waals surface area contributed by atoms with Crippen LogP contribution in [-0.4, -0.2) is 23.2 Å². The van der Waals surface area contributed by atoms with E-state index in [4.69, 9.17) is 34.0 Å². The Morgan fingerprint density at radius 1 is 1.41 bits per heavy atom. The Kier molecular flexibility index (Phi) is 3.66. The number of rotatable bonds is 5. The molecule has 6 heteroatoms. The minimum atomic E-state index is 0.203. The first-order valence-electron chi connectivity index (χ1n) is 5.53. The fraction of sp³-hybridized carbons (Fsp3) is 0.545. The van der Waals surface area contributed by atoms with E-state index < -0.39 is 0 Å². The molecule has 4 N–H and O–H groups in total. The van der Waals surface area contributed by atoms with E-state index in [0.29, 0.717) is 15.9 Å². The molecule has 1 aliphatic carbocycles. The number of pyridine rings is 1. The van der Waals surface area contributed by atoms with Crippen LogP contribution >= 0.6 is 23.2 Å². The molecule has 0 saturated heterocycles. The zero-order valence-electron chi connectivity index (χ0n) is 9.34. The van der Waals surface area contributed by atoms with Crippen molar-refractivity contribution in [1.29, 1.82) is 0 Å². The number of nitrogens with zero attached hydrogens (tertiary/aromatic N) is 1. The number of hydrogen-bond acceptors (Lipinski definition) is 4. The summed E-state index contributed by atoms with van der Waals surface area (Å²) >= 11 is 11.8. The third-order valence-corrected chi connectivity index (χ3v) is 3.78. The van der Waals surface area contributed by atoms with Gasteiger partial charge in [-0.2, -0.15) is 0 Å². The highest BCUT2D eigenvalue weighted by molar-refractivity contribution is 6.37. The van der Waals surface area contributed by atoms with E-state index in [0.717, 1.165) is 25.8 Å². The fourth-order valence-electron chi connectivity index (χ4n) is 1.81. The van der Waals surface area contributed by atoms with Crippen LogP contribution in [0.3, 0.4) is 0 Å². The van der Waals surface area contributed by atoms with Crippen LogP contribution in [0, 0.1) is 5.41 Å². The van der Waals surface area contributed by atoms with Crippen LogP contribution in [0.25, 0.3) is 0 Å². The molecule has 0 aromatic carbocycles. The van der Waals surface area contributed by atoms with Crippen LogP contribution in [0.2, 0.25) is 10.0 Å². The third kappa shape index (κ3) is 2.94. The molecule has 1 aliphatic rings. The van der Waals surface area contributed by atoms with Gasteiger partial charge in [-0.25, -0.2) is 4.98 Å². The number of nitrogens with two attached hydrogens (primary N) is 1. The molecular weight excluding hydrogens is 261 g/mol. The molecular formula is C11H15Cl2N3O. The van der Waals surface area contributed by atoms with Gasteiger partial charge in [-0.05, 0) is 30.7 Å². The van der Waals surface area contributed by atoms with Gasteiger partial charge >= 0.3 is 0 Å². The zero-order valence-corrected chi connectivity index (χ0v) is 10.9. The summed E-state index contributed by atoms with van der Waals surface area (Å²) in [7, 11) is 0. The van der Waals surface area contributed by atoms with Gasteiger partial charge in [0.2, 0.25) is 0 Å². The number of nitrogen functional groups attached to an aromatic ring is 1. The van der Waals surface area contributed by atoms with E-state index in [1.54, 1.807) is 6.07 Å². The zero-order chi connectivity index (χ0) is 12.5. The van der Waals surface area contributed by atoms with Crippen molar-refractivity contribution < 1.29 is 5.11 Å². The summed E-state index contributed by atoms with van der Waals surface area (Å²) in [5.74, 6) is 0.823. The predicted molar refractivity (Wildman–Crippen MR) is 70.5 cm³/mol. The van der Waals surface area contributed by atoms with E-state index in [1.807, 2.05) is 0 Å². The number of anilines is 2. The second kappa shape index (κ2) is 4.88. The molecule has 94 valence electrons. The fourth-order valence-corrected chi connectivity index (χ4v) is 2.23. The van der Waals surface area contributed by atoms with Crippen LogP contribution in [0.1, 0.15) is 19.3 Å². The molecule has 0 aliphatic heterocycles. The molecule has 1 aromatic heterocycles. The van der Waals surface area contributed by atoms with Gasteiger partial charge in [-0.1, -0.05) is 23.2 Å². The Bertz CT molecular complexity index is 421. The van der Waals surface area contributed by atoms with Crippen molar-refractivity contribution in [3.05, 3.63) is 16.1 Å². The highest BCUT2D eigenvalue weighted by Gasteiger charge is 2.41. The smallest absolute Gasteiger partial charge is 0.147 e. The van der Waals surface area contributed by atoms with Gasteiger partial charge in [0.25, 0.3) is 0 Å². The second-order valence-electron chi connectivity index (χ2n) is 4.51. The summed E-state index contributed by atoms with van der Waals surface area (Å²) < 4.78 is 0. The summed E-state index contributed by atoms with van der Waals surface area (Å²) in [5, 5.41) is 13.0. The van der Waals surface area contributed by atoms with Crippen molar-refractivity contribution in [2.45, 2.75) is 19.3 Å². The molecule has 0 amide bonds. The number of aliphatic hydroxyl groups excluding tert-OH is 1. The average Bonchev–Trinajstić information content (AvgIpc) is 3.03. The summed E-state index contributed by atoms with van der Waals surface area (Å²) in [4.78, 5) is 4.10. The van der Waals surface area contributed by atoms with Crippen molar-refractivity contribution in [3.8, 4) is 0 Å². The maximum Gasteiger partial charge on any atom is 0.147 e. The van der Waals surface area contributed by atoms with Gasteiger partial charge in [0.1, 0.15) is 11.6 Å². The number of halogens is 2. The molecule has 1 saturated carbocycles. The SMILES string of the molecule is Nc1nc(NCC2(CCO)CC2)c(Cl)cc1Cl. The lowest BCUT2D eigenvalue weighted by molar-refractivity contribution is 0.253. The minimum absolute atomic E-state index is 0.203. The minimum Gasteiger partial charge on any atom is -0.396 e. The molecule has 0 radical (unpaired) electrons. The maximum atomic E-state index is 8.97. The third-order valence-electron chi connectivity index (χ3n) is 3.19. The van der Waals surface area contributed by atoms with E-state index in [-0.39, 0.29) is 17.8 Å². The summed E-state index contributed by atoms with van der Waals surface area (Å²) in [6, 6.07) is 1.58. The topological polar surface area (TPSA) is 71.2 Å². The van der Waals surface area contributed by atoms with Gasteiger partial charge in [-0.3, -0.25) is 0 Å². The van der Waals surface area contributed by atoms with Gasteiger partial charge in [0.05, 0.1) is 10.0 Å². The Labute approximate surface area is 110 Å². The van der Waals surface area contributed by atoms with Crippen LogP contribution in [0.4, 0.5) is 11.6 Å². The molecule has 17 heavy (non-hydrogen) atoms. The number of nitrogens with one attached hydrogen (secondary N) is 1. The van der Waals surface area contributed by atoms with Gasteiger partial charge < -0.3 is 16.2 Å². The molecule has 1 heterocycles. The molecule has 2 rings (SSSR count). The molecule has 0 unspecified atom stereocenters. The van der Waals surface area contributed by atoms with Gasteiger partial charge in [0.15, 0.2) is 0 Å². The van der Waals surface area contributed by atoms with Gasteiger partial charge in [-0.15, -0.1) is 0 Å². The second-order valence-corrected chi connectivity index (χ2v) is 5.33. The van der Waals surface area contributed by atoms with E-state index in [9.17, 15) is 0 Å². The summed E-state index contributed by atoms with van der Waals surface area (Å²) in [6.07, 6.45) is 3.06. The normalized spacial score (nSPS) is 16.9.